The fourth-order valence-electron chi connectivity index (χ4n) is 3.56. The highest BCUT2D eigenvalue weighted by atomic mass is 32.2. The van der Waals surface area contributed by atoms with Crippen LogP contribution in [0.3, 0.4) is 0 Å². The van der Waals surface area contributed by atoms with E-state index in [1.807, 2.05) is 24.3 Å². The summed E-state index contributed by atoms with van der Waals surface area (Å²) in [5, 5.41) is 2.86. The van der Waals surface area contributed by atoms with Crippen molar-refractivity contribution in [3.63, 3.8) is 0 Å². The standard InChI is InChI=1S/C24H24N2O5S/c1-16-7-12-21(32(28,29)26-18-8-10-19(30-2)11-9-18)14-22(16)24(27)25-15-20-13-17-5-3-4-6-23(17)31-20/h3-12,14,20,26H,13,15H2,1-2H3,(H,25,27). The Balaban J connectivity index is 1.45. The fraction of sp³-hybridized carbons (Fsp3) is 0.208. The van der Waals surface area contributed by atoms with E-state index in [4.69, 9.17) is 9.47 Å². The van der Waals surface area contributed by atoms with Gasteiger partial charge in [-0.15, -0.1) is 0 Å². The molecule has 1 atom stereocenters. The molecule has 7 nitrogen and oxygen atoms in total. The van der Waals surface area contributed by atoms with Crippen LogP contribution in [0.15, 0.2) is 71.6 Å². The number of sulfonamides is 1. The predicted molar refractivity (Wildman–Crippen MR) is 122 cm³/mol. The summed E-state index contributed by atoms with van der Waals surface area (Å²) < 4.78 is 39.1. The predicted octanol–water partition coefficient (Wildman–Crippen LogP) is 3.54. The summed E-state index contributed by atoms with van der Waals surface area (Å²) in [5.41, 5.74) is 2.50. The smallest absolute Gasteiger partial charge is 0.261 e. The average molecular weight is 453 g/mol. The number of aryl methyl sites for hydroxylation is 1. The average Bonchev–Trinajstić information content (AvgIpc) is 3.21. The monoisotopic (exact) mass is 452 g/mol. The Morgan fingerprint density at radius 2 is 1.84 bits per heavy atom. The summed E-state index contributed by atoms with van der Waals surface area (Å²) >= 11 is 0. The van der Waals surface area contributed by atoms with E-state index >= 15 is 0 Å². The second-order valence-electron chi connectivity index (χ2n) is 7.57. The molecule has 3 aromatic carbocycles. The van der Waals surface area contributed by atoms with Crippen LogP contribution in [-0.2, 0) is 16.4 Å². The molecule has 0 radical (unpaired) electrons. The molecule has 0 saturated carbocycles. The van der Waals surface area contributed by atoms with Crippen LogP contribution in [-0.4, -0.2) is 34.1 Å². The van der Waals surface area contributed by atoms with E-state index in [0.29, 0.717) is 29.1 Å². The SMILES string of the molecule is COc1ccc(NS(=O)(=O)c2ccc(C)c(C(=O)NCC3Cc4ccccc4O3)c2)cc1. The molecule has 3 aromatic rings. The summed E-state index contributed by atoms with van der Waals surface area (Å²) in [6, 6.07) is 18.8. The van der Waals surface area contributed by atoms with Crippen molar-refractivity contribution in [2.24, 2.45) is 0 Å². The molecule has 32 heavy (non-hydrogen) atoms. The lowest BCUT2D eigenvalue weighted by Gasteiger charge is -2.14. The summed E-state index contributed by atoms with van der Waals surface area (Å²) in [6.45, 7) is 2.10. The molecular weight excluding hydrogens is 428 g/mol. The number of carbonyl (C=O) groups is 1. The Kier molecular flexibility index (Phi) is 6.05. The van der Waals surface area contributed by atoms with E-state index < -0.39 is 10.0 Å². The molecule has 8 heteroatoms. The van der Waals surface area contributed by atoms with Crippen LogP contribution in [0.5, 0.6) is 11.5 Å². The molecule has 0 aliphatic carbocycles. The molecule has 0 saturated heterocycles. The molecule has 1 heterocycles. The lowest BCUT2D eigenvalue weighted by Crippen LogP contribution is -2.34. The number of methoxy groups -OCH3 is 1. The molecule has 0 spiro atoms. The van der Waals surface area contributed by atoms with Gasteiger partial charge in [0.2, 0.25) is 0 Å². The number of para-hydroxylation sites is 1. The molecule has 1 amide bonds. The molecule has 2 N–H and O–H groups in total. The number of anilines is 1. The molecular formula is C24H24N2O5S. The Morgan fingerprint density at radius 3 is 2.56 bits per heavy atom. The molecule has 4 rings (SSSR count). The number of rotatable bonds is 7. The minimum atomic E-state index is -3.87. The van der Waals surface area contributed by atoms with Gasteiger partial charge in [0.1, 0.15) is 17.6 Å². The first-order valence-electron chi connectivity index (χ1n) is 10.2. The molecule has 0 fully saturated rings. The number of fused-ring (bicyclic) bond motifs is 1. The van der Waals surface area contributed by atoms with Crippen LogP contribution >= 0.6 is 0 Å². The van der Waals surface area contributed by atoms with Gasteiger partial charge in [-0.05, 0) is 60.5 Å². The number of carbonyl (C=O) groups excluding carboxylic acids is 1. The van der Waals surface area contributed by atoms with Crippen LogP contribution in [0.25, 0.3) is 0 Å². The van der Waals surface area contributed by atoms with Gasteiger partial charge >= 0.3 is 0 Å². The zero-order chi connectivity index (χ0) is 22.7. The third-order valence-corrected chi connectivity index (χ3v) is 6.69. The summed E-state index contributed by atoms with van der Waals surface area (Å²) in [6.07, 6.45) is 0.565. The first-order valence-corrected chi connectivity index (χ1v) is 11.6. The highest BCUT2D eigenvalue weighted by molar-refractivity contribution is 7.92. The first kappa shape index (κ1) is 21.7. The van der Waals surface area contributed by atoms with E-state index in [1.54, 1.807) is 37.3 Å². The van der Waals surface area contributed by atoms with E-state index in [0.717, 1.165) is 17.7 Å². The van der Waals surface area contributed by atoms with Crippen molar-refractivity contribution in [2.75, 3.05) is 18.4 Å². The maximum absolute atomic E-state index is 12.8. The summed E-state index contributed by atoms with van der Waals surface area (Å²) in [7, 11) is -2.33. The van der Waals surface area contributed by atoms with Gasteiger partial charge in [0.05, 0.1) is 18.6 Å². The highest BCUT2D eigenvalue weighted by Crippen LogP contribution is 2.28. The largest absolute Gasteiger partial charge is 0.497 e. The minimum absolute atomic E-state index is 0.00795. The molecule has 1 aliphatic heterocycles. The van der Waals surface area contributed by atoms with Crippen LogP contribution in [0.2, 0.25) is 0 Å². The van der Waals surface area contributed by atoms with Gasteiger partial charge in [-0.3, -0.25) is 9.52 Å². The van der Waals surface area contributed by atoms with Crippen molar-refractivity contribution in [1.82, 2.24) is 5.32 Å². The van der Waals surface area contributed by atoms with Crippen LogP contribution < -0.4 is 19.5 Å². The number of hydrogen-bond acceptors (Lipinski definition) is 5. The summed E-state index contributed by atoms with van der Waals surface area (Å²) in [4.78, 5) is 12.8. The van der Waals surface area contributed by atoms with Crippen molar-refractivity contribution in [1.29, 1.82) is 0 Å². The van der Waals surface area contributed by atoms with Gasteiger partial charge in [-0.1, -0.05) is 24.3 Å². The Morgan fingerprint density at radius 1 is 1.09 bits per heavy atom. The number of benzene rings is 3. The Labute approximate surface area is 187 Å². The van der Waals surface area contributed by atoms with Crippen molar-refractivity contribution >= 4 is 21.6 Å². The van der Waals surface area contributed by atoms with E-state index in [9.17, 15) is 13.2 Å². The number of nitrogens with one attached hydrogen (secondary N) is 2. The Bertz CT molecular complexity index is 1210. The van der Waals surface area contributed by atoms with E-state index in [-0.39, 0.29) is 16.9 Å². The lowest BCUT2D eigenvalue weighted by atomic mass is 10.1. The van der Waals surface area contributed by atoms with Crippen LogP contribution in [0.4, 0.5) is 5.69 Å². The van der Waals surface area contributed by atoms with E-state index in [1.165, 1.54) is 19.2 Å². The first-order chi connectivity index (χ1) is 15.4. The number of amides is 1. The van der Waals surface area contributed by atoms with Crippen molar-refractivity contribution in [3.8, 4) is 11.5 Å². The minimum Gasteiger partial charge on any atom is -0.497 e. The lowest BCUT2D eigenvalue weighted by molar-refractivity contribution is 0.0932. The number of ether oxygens (including phenoxy) is 2. The molecule has 0 bridgehead atoms. The quantitative estimate of drug-likeness (QED) is 0.572. The highest BCUT2D eigenvalue weighted by Gasteiger charge is 2.24. The third kappa shape index (κ3) is 4.70. The molecule has 1 aliphatic rings. The fourth-order valence-corrected chi connectivity index (χ4v) is 4.64. The Hall–Kier alpha value is -3.52. The maximum atomic E-state index is 12.8. The zero-order valence-corrected chi connectivity index (χ0v) is 18.6. The molecule has 0 aromatic heterocycles. The van der Waals surface area contributed by atoms with E-state index in [2.05, 4.69) is 10.0 Å². The number of hydrogen-bond donors (Lipinski definition) is 2. The zero-order valence-electron chi connectivity index (χ0n) is 17.8. The third-order valence-electron chi connectivity index (χ3n) is 5.31. The van der Waals surface area contributed by atoms with Crippen molar-refractivity contribution in [2.45, 2.75) is 24.3 Å². The topological polar surface area (TPSA) is 93.7 Å². The van der Waals surface area contributed by atoms with Gasteiger partial charge < -0.3 is 14.8 Å². The van der Waals surface area contributed by atoms with Crippen molar-refractivity contribution in [3.05, 3.63) is 83.4 Å². The molecule has 1 unspecified atom stereocenters. The van der Waals surface area contributed by atoms with Crippen molar-refractivity contribution < 1.29 is 22.7 Å². The van der Waals surface area contributed by atoms with Crippen LogP contribution in [0.1, 0.15) is 21.5 Å². The normalized spacial score (nSPS) is 14.9. The maximum Gasteiger partial charge on any atom is 0.261 e. The second kappa shape index (κ2) is 8.92. The van der Waals surface area contributed by atoms with Gasteiger partial charge in [0, 0.05) is 17.7 Å². The van der Waals surface area contributed by atoms with Gasteiger partial charge in [0.25, 0.3) is 15.9 Å². The molecule has 166 valence electrons. The van der Waals surface area contributed by atoms with Gasteiger partial charge in [-0.2, -0.15) is 0 Å². The van der Waals surface area contributed by atoms with Gasteiger partial charge in [-0.25, -0.2) is 8.42 Å². The van der Waals surface area contributed by atoms with Crippen LogP contribution in [0, 0.1) is 6.92 Å². The van der Waals surface area contributed by atoms with Gasteiger partial charge in [0.15, 0.2) is 0 Å². The summed E-state index contributed by atoms with van der Waals surface area (Å²) in [5.74, 6) is 1.11. The second-order valence-corrected chi connectivity index (χ2v) is 9.25.